The minimum atomic E-state index is -0.333. The third-order valence-electron chi connectivity index (χ3n) is 2.98. The molecule has 0 fully saturated rings. The molecular formula is C16H17BrN2O3. The van der Waals surface area contributed by atoms with Crippen molar-refractivity contribution in [3.8, 4) is 0 Å². The van der Waals surface area contributed by atoms with Crippen LogP contribution in [0.1, 0.15) is 35.9 Å². The normalized spacial score (nSPS) is 10.3. The number of carbonyl (C=O) groups is 2. The first kappa shape index (κ1) is 16.3. The maximum Gasteiger partial charge on any atom is 0.291 e. The second-order valence-corrected chi connectivity index (χ2v) is 5.68. The molecule has 22 heavy (non-hydrogen) atoms. The first-order valence-electron chi connectivity index (χ1n) is 6.96. The van der Waals surface area contributed by atoms with E-state index in [1.807, 2.05) is 6.92 Å². The van der Waals surface area contributed by atoms with Crippen LogP contribution in [0.25, 0.3) is 0 Å². The van der Waals surface area contributed by atoms with Crippen molar-refractivity contribution in [3.63, 3.8) is 0 Å². The average molecular weight is 365 g/mol. The summed E-state index contributed by atoms with van der Waals surface area (Å²) in [5, 5.41) is 5.54. The number of hydrogen-bond acceptors (Lipinski definition) is 3. The van der Waals surface area contributed by atoms with Crippen LogP contribution in [0.2, 0.25) is 0 Å². The van der Waals surface area contributed by atoms with Crippen LogP contribution in [0.5, 0.6) is 0 Å². The van der Waals surface area contributed by atoms with E-state index in [-0.39, 0.29) is 17.6 Å². The molecule has 1 aromatic carbocycles. The SMILES string of the molecule is CCCC(=O)Nc1cccc(NC(=O)c2oc(Br)cc2C)c1. The zero-order chi connectivity index (χ0) is 16.1. The van der Waals surface area contributed by atoms with Gasteiger partial charge in [0.2, 0.25) is 5.91 Å². The van der Waals surface area contributed by atoms with Gasteiger partial charge in [0.25, 0.3) is 5.91 Å². The summed E-state index contributed by atoms with van der Waals surface area (Å²) in [6, 6.07) is 8.73. The molecule has 0 bridgehead atoms. The van der Waals surface area contributed by atoms with Gasteiger partial charge in [0.05, 0.1) is 0 Å². The highest BCUT2D eigenvalue weighted by Gasteiger charge is 2.15. The van der Waals surface area contributed by atoms with E-state index in [0.29, 0.717) is 22.5 Å². The summed E-state index contributed by atoms with van der Waals surface area (Å²) in [5.41, 5.74) is 1.98. The maximum absolute atomic E-state index is 12.2. The third-order valence-corrected chi connectivity index (χ3v) is 3.37. The van der Waals surface area contributed by atoms with Crippen molar-refractivity contribution in [1.29, 1.82) is 0 Å². The van der Waals surface area contributed by atoms with E-state index in [1.165, 1.54) is 0 Å². The van der Waals surface area contributed by atoms with Crippen molar-refractivity contribution >= 4 is 39.1 Å². The van der Waals surface area contributed by atoms with E-state index < -0.39 is 0 Å². The Kier molecular flexibility index (Phi) is 5.38. The lowest BCUT2D eigenvalue weighted by atomic mass is 10.2. The van der Waals surface area contributed by atoms with Crippen LogP contribution >= 0.6 is 15.9 Å². The molecule has 0 aliphatic rings. The number of halogens is 1. The standard InChI is InChI=1S/C16H17BrN2O3/c1-3-5-14(20)18-11-6-4-7-12(9-11)19-16(21)15-10(2)8-13(17)22-15/h4,6-9H,3,5H2,1-2H3,(H,18,20)(H,19,21). The summed E-state index contributed by atoms with van der Waals surface area (Å²) in [6.07, 6.45) is 1.26. The molecule has 0 aliphatic carbocycles. The Morgan fingerprint density at radius 3 is 2.45 bits per heavy atom. The molecule has 0 radical (unpaired) electrons. The Balaban J connectivity index is 2.08. The van der Waals surface area contributed by atoms with Gasteiger partial charge in [-0.05, 0) is 53.5 Å². The van der Waals surface area contributed by atoms with Crippen LogP contribution in [0.15, 0.2) is 39.4 Å². The molecule has 0 aliphatic heterocycles. The Hall–Kier alpha value is -2.08. The molecule has 2 aromatic rings. The van der Waals surface area contributed by atoms with Gasteiger partial charge in [-0.3, -0.25) is 9.59 Å². The smallest absolute Gasteiger partial charge is 0.291 e. The Bertz CT molecular complexity index is 694. The van der Waals surface area contributed by atoms with E-state index >= 15 is 0 Å². The van der Waals surface area contributed by atoms with Crippen LogP contribution in [-0.2, 0) is 4.79 Å². The molecule has 2 rings (SSSR count). The van der Waals surface area contributed by atoms with Gasteiger partial charge in [-0.15, -0.1) is 0 Å². The fourth-order valence-electron chi connectivity index (χ4n) is 1.98. The van der Waals surface area contributed by atoms with Crippen LogP contribution in [0, 0.1) is 6.92 Å². The van der Waals surface area contributed by atoms with E-state index in [9.17, 15) is 9.59 Å². The van der Waals surface area contributed by atoms with Crippen LogP contribution in [0.3, 0.4) is 0 Å². The predicted octanol–water partition coefficient (Wildman–Crippen LogP) is 4.34. The fourth-order valence-corrected chi connectivity index (χ4v) is 2.49. The predicted molar refractivity (Wildman–Crippen MR) is 89.1 cm³/mol. The third kappa shape index (κ3) is 4.21. The van der Waals surface area contributed by atoms with Crippen molar-refractivity contribution in [1.82, 2.24) is 0 Å². The number of anilines is 2. The molecule has 2 N–H and O–H groups in total. The van der Waals surface area contributed by atoms with Gasteiger partial charge in [0.1, 0.15) is 0 Å². The van der Waals surface area contributed by atoms with E-state index in [0.717, 1.165) is 12.0 Å². The summed E-state index contributed by atoms with van der Waals surface area (Å²) in [4.78, 5) is 23.8. The van der Waals surface area contributed by atoms with E-state index in [1.54, 1.807) is 37.3 Å². The molecule has 116 valence electrons. The number of benzene rings is 1. The number of rotatable bonds is 5. The van der Waals surface area contributed by atoms with Gasteiger partial charge in [0.15, 0.2) is 10.4 Å². The highest BCUT2D eigenvalue weighted by molar-refractivity contribution is 9.10. The monoisotopic (exact) mass is 364 g/mol. The Labute approximate surface area is 137 Å². The lowest BCUT2D eigenvalue weighted by molar-refractivity contribution is -0.116. The number of furan rings is 1. The van der Waals surface area contributed by atoms with Crippen molar-refractivity contribution in [3.05, 3.63) is 46.3 Å². The molecule has 0 saturated carbocycles. The van der Waals surface area contributed by atoms with Gasteiger partial charge in [-0.1, -0.05) is 13.0 Å². The molecule has 6 heteroatoms. The molecule has 2 amide bonds. The number of carbonyl (C=O) groups excluding carboxylic acids is 2. The Morgan fingerprint density at radius 2 is 1.86 bits per heavy atom. The molecule has 0 unspecified atom stereocenters. The first-order valence-corrected chi connectivity index (χ1v) is 7.76. The van der Waals surface area contributed by atoms with E-state index in [4.69, 9.17) is 4.42 Å². The molecule has 0 saturated heterocycles. The van der Waals surface area contributed by atoms with Crippen molar-refractivity contribution in [2.24, 2.45) is 0 Å². The Morgan fingerprint density at radius 1 is 1.18 bits per heavy atom. The van der Waals surface area contributed by atoms with Crippen molar-refractivity contribution in [2.75, 3.05) is 10.6 Å². The van der Waals surface area contributed by atoms with Crippen LogP contribution in [0.4, 0.5) is 11.4 Å². The van der Waals surface area contributed by atoms with Crippen molar-refractivity contribution in [2.45, 2.75) is 26.7 Å². The number of amides is 2. The van der Waals surface area contributed by atoms with Crippen molar-refractivity contribution < 1.29 is 14.0 Å². The summed E-state index contributed by atoms with van der Waals surface area (Å²) in [7, 11) is 0. The average Bonchev–Trinajstić information content (AvgIpc) is 2.78. The summed E-state index contributed by atoms with van der Waals surface area (Å²) in [5.74, 6) is -0.121. The van der Waals surface area contributed by atoms with Gasteiger partial charge in [-0.2, -0.15) is 0 Å². The van der Waals surface area contributed by atoms with E-state index in [2.05, 4.69) is 26.6 Å². The molecule has 1 heterocycles. The topological polar surface area (TPSA) is 71.3 Å². The van der Waals surface area contributed by atoms with Gasteiger partial charge in [-0.25, -0.2) is 0 Å². The van der Waals surface area contributed by atoms with Gasteiger partial charge in [0, 0.05) is 23.4 Å². The maximum atomic E-state index is 12.2. The van der Waals surface area contributed by atoms with Gasteiger partial charge < -0.3 is 15.1 Å². The highest BCUT2D eigenvalue weighted by atomic mass is 79.9. The number of aryl methyl sites for hydroxylation is 1. The van der Waals surface area contributed by atoms with Gasteiger partial charge >= 0.3 is 0 Å². The second kappa shape index (κ2) is 7.26. The minimum Gasteiger partial charge on any atom is -0.444 e. The number of nitrogens with one attached hydrogen (secondary N) is 2. The zero-order valence-corrected chi connectivity index (χ0v) is 14.0. The molecule has 0 spiro atoms. The quantitative estimate of drug-likeness (QED) is 0.828. The van der Waals surface area contributed by atoms with Crippen LogP contribution in [-0.4, -0.2) is 11.8 Å². The molecule has 5 nitrogen and oxygen atoms in total. The lowest BCUT2D eigenvalue weighted by Gasteiger charge is -2.08. The largest absolute Gasteiger partial charge is 0.444 e. The summed E-state index contributed by atoms with van der Waals surface area (Å²) < 4.78 is 5.82. The highest BCUT2D eigenvalue weighted by Crippen LogP contribution is 2.22. The fraction of sp³-hybridized carbons (Fsp3) is 0.250. The lowest BCUT2D eigenvalue weighted by Crippen LogP contribution is -2.13. The van der Waals surface area contributed by atoms with Crippen LogP contribution < -0.4 is 10.6 Å². The summed E-state index contributed by atoms with van der Waals surface area (Å²) in [6.45, 7) is 3.74. The molecule has 1 aromatic heterocycles. The first-order chi connectivity index (χ1) is 10.5. The zero-order valence-electron chi connectivity index (χ0n) is 12.4. The summed E-state index contributed by atoms with van der Waals surface area (Å²) >= 11 is 3.20. The number of hydrogen-bond donors (Lipinski definition) is 2. The molecule has 0 atom stereocenters. The molecular weight excluding hydrogens is 348 g/mol. The second-order valence-electron chi connectivity index (χ2n) is 4.90. The minimum absolute atomic E-state index is 0.0446.